The first kappa shape index (κ1) is 23.9. The summed E-state index contributed by atoms with van der Waals surface area (Å²) in [6.07, 6.45) is 4.34. The fourth-order valence-electron chi connectivity index (χ4n) is 3.42. The Labute approximate surface area is 192 Å². The first-order valence-corrected chi connectivity index (χ1v) is 11.9. The summed E-state index contributed by atoms with van der Waals surface area (Å²) in [5.41, 5.74) is 1.31. The van der Waals surface area contributed by atoms with Gasteiger partial charge >= 0.3 is 6.03 Å². The van der Waals surface area contributed by atoms with Crippen LogP contribution in [0.25, 0.3) is 0 Å². The lowest BCUT2D eigenvalue weighted by molar-refractivity contribution is -0.119. The number of ether oxygens (including phenoxy) is 1. The number of thioether (sulfide) groups is 1. The summed E-state index contributed by atoms with van der Waals surface area (Å²) in [5, 5.41) is 13.8. The quantitative estimate of drug-likeness (QED) is 0.408. The molecule has 1 aliphatic carbocycles. The number of benzene rings is 1. The van der Waals surface area contributed by atoms with Crippen molar-refractivity contribution in [3.05, 3.63) is 35.7 Å². The molecule has 174 valence electrons. The molecule has 32 heavy (non-hydrogen) atoms. The Hall–Kier alpha value is -2.75. The molecular weight excluding hydrogens is 428 g/mol. The normalized spacial score (nSPS) is 14.3. The molecule has 3 rings (SSSR count). The molecule has 1 aliphatic rings. The first-order valence-electron chi connectivity index (χ1n) is 10.9. The number of urea groups is 1. The number of imide groups is 1. The van der Waals surface area contributed by atoms with Crippen LogP contribution in [0.15, 0.2) is 29.4 Å². The number of aromatic nitrogens is 3. The van der Waals surface area contributed by atoms with E-state index in [1.165, 1.54) is 22.0 Å². The minimum Gasteiger partial charge on any atom is -0.486 e. The highest BCUT2D eigenvalue weighted by Crippen LogP contribution is 2.25. The zero-order valence-corrected chi connectivity index (χ0v) is 19.7. The third-order valence-electron chi connectivity index (χ3n) is 5.33. The van der Waals surface area contributed by atoms with Gasteiger partial charge in [-0.3, -0.25) is 10.1 Å². The molecule has 10 heteroatoms. The van der Waals surface area contributed by atoms with Gasteiger partial charge < -0.3 is 15.9 Å². The number of amides is 3. The van der Waals surface area contributed by atoms with Gasteiger partial charge in [-0.05, 0) is 36.0 Å². The molecule has 1 fully saturated rings. The van der Waals surface area contributed by atoms with Gasteiger partial charge in [0.1, 0.15) is 12.4 Å². The van der Waals surface area contributed by atoms with E-state index in [1.54, 1.807) is 0 Å². The molecule has 0 saturated heterocycles. The Morgan fingerprint density at radius 2 is 1.88 bits per heavy atom. The number of carbonyl (C=O) groups is 2. The number of carbonyl (C=O) groups excluding carboxylic acids is 2. The van der Waals surface area contributed by atoms with Crippen molar-refractivity contribution in [3.8, 4) is 5.75 Å². The van der Waals surface area contributed by atoms with Crippen LogP contribution in [-0.2, 0) is 16.8 Å². The highest BCUT2D eigenvalue weighted by Gasteiger charge is 2.18. The van der Waals surface area contributed by atoms with Crippen molar-refractivity contribution >= 4 is 23.7 Å². The van der Waals surface area contributed by atoms with Gasteiger partial charge in [-0.1, -0.05) is 57.5 Å². The largest absolute Gasteiger partial charge is 0.486 e. The summed E-state index contributed by atoms with van der Waals surface area (Å²) in [6, 6.07) is 7.68. The monoisotopic (exact) mass is 460 g/mol. The lowest BCUT2D eigenvalue weighted by atomic mass is 9.87. The third kappa shape index (κ3) is 6.88. The number of nitrogens with zero attached hydrogens (tertiary/aromatic N) is 3. The van der Waals surface area contributed by atoms with E-state index in [1.807, 2.05) is 24.3 Å². The summed E-state index contributed by atoms with van der Waals surface area (Å²) < 4.78 is 7.13. The van der Waals surface area contributed by atoms with Crippen molar-refractivity contribution in [3.63, 3.8) is 0 Å². The fraction of sp³-hybridized carbons (Fsp3) is 0.545. The second kappa shape index (κ2) is 10.7. The van der Waals surface area contributed by atoms with Crippen molar-refractivity contribution in [2.75, 3.05) is 11.6 Å². The fourth-order valence-corrected chi connectivity index (χ4v) is 4.23. The van der Waals surface area contributed by atoms with E-state index >= 15 is 0 Å². The van der Waals surface area contributed by atoms with Gasteiger partial charge in [0, 0.05) is 18.2 Å². The zero-order chi connectivity index (χ0) is 23.1. The number of hydrogen-bond donors (Lipinski definition) is 3. The van der Waals surface area contributed by atoms with Crippen LogP contribution in [-0.4, -0.2) is 38.6 Å². The molecule has 0 unspecified atom stereocenters. The van der Waals surface area contributed by atoms with Crippen LogP contribution in [0.4, 0.5) is 4.79 Å². The average molecular weight is 461 g/mol. The maximum Gasteiger partial charge on any atom is 0.321 e. The molecule has 1 aromatic heterocycles. The van der Waals surface area contributed by atoms with Crippen LogP contribution >= 0.6 is 11.8 Å². The van der Waals surface area contributed by atoms with Crippen LogP contribution in [0, 0.1) is 0 Å². The lowest BCUT2D eigenvalue weighted by Crippen LogP contribution is -2.43. The molecule has 1 saturated carbocycles. The van der Waals surface area contributed by atoms with Gasteiger partial charge in [-0.2, -0.15) is 0 Å². The average Bonchev–Trinajstić information content (AvgIpc) is 3.36. The van der Waals surface area contributed by atoms with Crippen LogP contribution in [0.3, 0.4) is 0 Å². The van der Waals surface area contributed by atoms with E-state index in [0.29, 0.717) is 16.7 Å². The number of nitrogens with two attached hydrogens (primary N) is 1. The Balaban J connectivity index is 1.40. The molecule has 3 amide bonds. The number of nitrogen functional groups attached to an aromatic ring is 1. The van der Waals surface area contributed by atoms with Gasteiger partial charge in [-0.25, -0.2) is 9.47 Å². The number of nitrogens with one attached hydrogen (secondary N) is 2. The van der Waals surface area contributed by atoms with Crippen LogP contribution in [0.5, 0.6) is 5.75 Å². The van der Waals surface area contributed by atoms with Crippen molar-refractivity contribution < 1.29 is 14.3 Å². The standard InChI is InChI=1S/C22H32N6O3S/c1-22(2,3)15-8-10-17(11-9-15)31-14-18-26-27-21(28(18)23)32-13-12-19(29)25-20(30)24-16-6-4-5-7-16/h8-11,16H,4-7,12-14,23H2,1-3H3,(H2,24,25,29,30). The van der Waals surface area contributed by atoms with Gasteiger partial charge in [0.05, 0.1) is 0 Å². The molecule has 0 aliphatic heterocycles. The van der Waals surface area contributed by atoms with Gasteiger partial charge in [-0.15, -0.1) is 10.2 Å². The molecule has 1 heterocycles. The van der Waals surface area contributed by atoms with Crippen molar-refractivity contribution in [1.82, 2.24) is 25.5 Å². The maximum absolute atomic E-state index is 12.0. The Bertz CT molecular complexity index is 917. The van der Waals surface area contributed by atoms with E-state index in [0.717, 1.165) is 31.4 Å². The van der Waals surface area contributed by atoms with Crippen LogP contribution in [0.2, 0.25) is 0 Å². The van der Waals surface area contributed by atoms with E-state index in [4.69, 9.17) is 10.6 Å². The van der Waals surface area contributed by atoms with E-state index in [-0.39, 0.29) is 30.4 Å². The number of hydrogen-bond acceptors (Lipinski definition) is 7. The van der Waals surface area contributed by atoms with Gasteiger partial charge in [0.25, 0.3) is 0 Å². The molecule has 0 radical (unpaired) electrons. The topological polar surface area (TPSA) is 124 Å². The van der Waals surface area contributed by atoms with E-state index < -0.39 is 6.03 Å². The predicted octanol–water partition coefficient (Wildman–Crippen LogP) is 3.12. The highest BCUT2D eigenvalue weighted by molar-refractivity contribution is 7.99. The molecule has 0 atom stereocenters. The summed E-state index contributed by atoms with van der Waals surface area (Å²) in [7, 11) is 0. The third-order valence-corrected chi connectivity index (χ3v) is 6.27. The Morgan fingerprint density at radius 1 is 1.19 bits per heavy atom. The molecule has 9 nitrogen and oxygen atoms in total. The summed E-state index contributed by atoms with van der Waals surface area (Å²) >= 11 is 1.30. The number of rotatable bonds is 8. The Kier molecular flexibility index (Phi) is 8.00. The van der Waals surface area contributed by atoms with Gasteiger partial charge in [0.15, 0.2) is 5.82 Å². The molecule has 0 bridgehead atoms. The first-order chi connectivity index (χ1) is 15.2. The Morgan fingerprint density at radius 3 is 2.53 bits per heavy atom. The highest BCUT2D eigenvalue weighted by atomic mass is 32.2. The molecular formula is C22H32N6O3S. The smallest absolute Gasteiger partial charge is 0.321 e. The summed E-state index contributed by atoms with van der Waals surface area (Å²) in [4.78, 5) is 23.8. The van der Waals surface area contributed by atoms with Gasteiger partial charge in [0.2, 0.25) is 11.1 Å². The zero-order valence-electron chi connectivity index (χ0n) is 18.9. The maximum atomic E-state index is 12.0. The summed E-state index contributed by atoms with van der Waals surface area (Å²) in [6.45, 7) is 6.66. The second-order valence-electron chi connectivity index (χ2n) is 8.93. The minimum atomic E-state index is -0.427. The second-order valence-corrected chi connectivity index (χ2v) is 10.00. The van der Waals surface area contributed by atoms with Crippen LogP contribution in [0.1, 0.15) is 64.3 Å². The minimum absolute atomic E-state index is 0.0821. The van der Waals surface area contributed by atoms with Crippen molar-refractivity contribution in [1.29, 1.82) is 0 Å². The molecule has 1 aromatic carbocycles. The molecule has 2 aromatic rings. The van der Waals surface area contributed by atoms with E-state index in [9.17, 15) is 9.59 Å². The van der Waals surface area contributed by atoms with Crippen molar-refractivity contribution in [2.45, 2.75) is 76.1 Å². The predicted molar refractivity (Wildman–Crippen MR) is 124 cm³/mol. The van der Waals surface area contributed by atoms with Crippen LogP contribution < -0.4 is 21.2 Å². The summed E-state index contributed by atoms with van der Waals surface area (Å²) in [5.74, 6) is 7.36. The molecule has 4 N–H and O–H groups in total. The van der Waals surface area contributed by atoms with E-state index in [2.05, 4.69) is 41.6 Å². The molecule has 0 spiro atoms. The lowest BCUT2D eigenvalue weighted by Gasteiger charge is -2.19. The van der Waals surface area contributed by atoms with Crippen molar-refractivity contribution in [2.24, 2.45) is 0 Å². The SMILES string of the molecule is CC(C)(C)c1ccc(OCc2nnc(SCCC(=O)NC(=O)NC3CCCC3)n2N)cc1.